The average Bonchev–Trinajstić information content (AvgIpc) is 2.71. The number of hydrogen-bond donors (Lipinski definition) is 2. The van der Waals surface area contributed by atoms with Gasteiger partial charge in [-0.25, -0.2) is 8.78 Å². The molecule has 2 aromatic rings. The van der Waals surface area contributed by atoms with Crippen LogP contribution in [0.2, 0.25) is 0 Å². The standard InChI is InChI=1S/C21H21F5N2O5/c1-20(7-16(22)23)10-31-8-13(33-20)9-32-12-4-2-11(3-5-12)14-6-15(18(27)29)19(30)28-17(14)21(24,25)26/h2-6,13,16H,7-10H2,1H3,(H2,27,29)(H,28,30)/t13-,20-/m0/s1. The molecule has 0 unspecified atom stereocenters. The average molecular weight is 476 g/mol. The van der Waals surface area contributed by atoms with Gasteiger partial charge in [-0.2, -0.15) is 13.2 Å². The van der Waals surface area contributed by atoms with Crippen molar-refractivity contribution in [2.45, 2.75) is 37.7 Å². The van der Waals surface area contributed by atoms with E-state index in [2.05, 4.69) is 0 Å². The number of rotatable bonds is 7. The first-order chi connectivity index (χ1) is 15.4. The zero-order chi connectivity index (χ0) is 24.4. The summed E-state index contributed by atoms with van der Waals surface area (Å²) in [5.74, 6) is -0.892. The summed E-state index contributed by atoms with van der Waals surface area (Å²) in [6.45, 7) is 1.65. The van der Waals surface area contributed by atoms with Crippen LogP contribution in [0.3, 0.4) is 0 Å². The number of carbonyl (C=O) groups excluding carboxylic acids is 1. The molecule has 1 fully saturated rings. The number of aromatic amines is 1. The van der Waals surface area contributed by atoms with Gasteiger partial charge in [0.15, 0.2) is 0 Å². The third-order valence-electron chi connectivity index (χ3n) is 4.94. The number of amides is 1. The molecule has 1 aliphatic rings. The number of carbonyl (C=O) groups is 1. The Kier molecular flexibility index (Phi) is 7.08. The molecule has 1 aromatic carbocycles. The molecule has 0 spiro atoms. The molecular weight excluding hydrogens is 455 g/mol. The van der Waals surface area contributed by atoms with Gasteiger partial charge in [0.25, 0.3) is 11.5 Å². The zero-order valence-corrected chi connectivity index (χ0v) is 17.4. The van der Waals surface area contributed by atoms with Crippen LogP contribution in [0, 0.1) is 0 Å². The maximum Gasteiger partial charge on any atom is 0.431 e. The number of pyridine rings is 1. The van der Waals surface area contributed by atoms with E-state index in [9.17, 15) is 31.5 Å². The van der Waals surface area contributed by atoms with Crippen LogP contribution in [0.4, 0.5) is 22.0 Å². The van der Waals surface area contributed by atoms with Gasteiger partial charge in [-0.1, -0.05) is 12.1 Å². The van der Waals surface area contributed by atoms with Crippen molar-refractivity contribution in [3.63, 3.8) is 0 Å². The van der Waals surface area contributed by atoms with Gasteiger partial charge in [0.1, 0.15) is 29.7 Å². The van der Waals surface area contributed by atoms with Crippen LogP contribution in [0.15, 0.2) is 35.1 Å². The molecule has 12 heteroatoms. The van der Waals surface area contributed by atoms with E-state index >= 15 is 0 Å². The molecular formula is C21H21F5N2O5. The van der Waals surface area contributed by atoms with Crippen molar-refractivity contribution in [1.29, 1.82) is 0 Å². The fourth-order valence-corrected chi connectivity index (χ4v) is 3.48. The molecule has 1 aromatic heterocycles. The highest BCUT2D eigenvalue weighted by Gasteiger charge is 2.37. The van der Waals surface area contributed by atoms with Crippen LogP contribution in [-0.2, 0) is 15.7 Å². The van der Waals surface area contributed by atoms with Crippen molar-refractivity contribution in [1.82, 2.24) is 4.98 Å². The maximum atomic E-state index is 13.4. The minimum atomic E-state index is -4.89. The van der Waals surface area contributed by atoms with Gasteiger partial charge in [0, 0.05) is 12.0 Å². The lowest BCUT2D eigenvalue weighted by atomic mass is 10.0. The van der Waals surface area contributed by atoms with Gasteiger partial charge in [0.2, 0.25) is 6.43 Å². The third-order valence-corrected chi connectivity index (χ3v) is 4.94. The second kappa shape index (κ2) is 9.48. The number of halogens is 5. The van der Waals surface area contributed by atoms with E-state index in [0.29, 0.717) is 0 Å². The molecule has 3 N–H and O–H groups in total. The van der Waals surface area contributed by atoms with Gasteiger partial charge in [-0.05, 0) is 30.7 Å². The number of aromatic nitrogens is 1. The molecule has 1 aliphatic heterocycles. The lowest BCUT2D eigenvalue weighted by Crippen LogP contribution is -2.48. The number of primary amides is 1. The highest BCUT2D eigenvalue weighted by molar-refractivity contribution is 5.94. The van der Waals surface area contributed by atoms with Crippen LogP contribution >= 0.6 is 0 Å². The van der Waals surface area contributed by atoms with E-state index in [4.69, 9.17) is 19.9 Å². The van der Waals surface area contributed by atoms with Crippen LogP contribution in [0.25, 0.3) is 11.1 Å². The third kappa shape index (κ3) is 6.08. The second-order valence-corrected chi connectivity index (χ2v) is 7.80. The largest absolute Gasteiger partial charge is 0.491 e. The molecule has 1 amide bonds. The zero-order valence-electron chi connectivity index (χ0n) is 17.4. The predicted octanol–water partition coefficient (Wildman–Crippen LogP) is 3.37. The van der Waals surface area contributed by atoms with Crippen molar-refractivity contribution in [2.75, 3.05) is 19.8 Å². The lowest BCUT2D eigenvalue weighted by molar-refractivity contribution is -0.209. The van der Waals surface area contributed by atoms with E-state index in [1.165, 1.54) is 31.2 Å². The van der Waals surface area contributed by atoms with Gasteiger partial charge in [0.05, 0.1) is 18.8 Å². The summed E-state index contributed by atoms with van der Waals surface area (Å²) in [6.07, 6.45) is -8.55. The quantitative estimate of drug-likeness (QED) is 0.597. The number of alkyl halides is 5. The maximum absolute atomic E-state index is 13.4. The van der Waals surface area contributed by atoms with E-state index in [1.54, 1.807) is 4.98 Å². The Labute approximate surface area is 184 Å². The fourth-order valence-electron chi connectivity index (χ4n) is 3.48. The Morgan fingerprint density at radius 3 is 2.55 bits per heavy atom. The van der Waals surface area contributed by atoms with Crippen LogP contribution in [0.1, 0.15) is 29.4 Å². The van der Waals surface area contributed by atoms with Crippen molar-refractivity contribution >= 4 is 5.91 Å². The Bertz CT molecular complexity index is 1050. The summed E-state index contributed by atoms with van der Waals surface area (Å²) in [7, 11) is 0. The monoisotopic (exact) mass is 476 g/mol. The van der Waals surface area contributed by atoms with Crippen LogP contribution < -0.4 is 16.0 Å². The van der Waals surface area contributed by atoms with Crippen molar-refractivity contribution in [3.8, 4) is 16.9 Å². The van der Waals surface area contributed by atoms with Crippen LogP contribution in [-0.4, -0.2) is 48.8 Å². The SMILES string of the molecule is C[C@]1(CC(F)F)COC[C@@H](COc2ccc(-c3cc(C(N)=O)c(=O)[nH]c3C(F)(F)F)cc2)O1. The Balaban J connectivity index is 1.76. The summed E-state index contributed by atoms with van der Waals surface area (Å²) in [4.78, 5) is 24.8. The molecule has 0 bridgehead atoms. The van der Waals surface area contributed by atoms with Crippen LogP contribution in [0.5, 0.6) is 5.75 Å². The number of hydrogen-bond acceptors (Lipinski definition) is 5. The topological polar surface area (TPSA) is 104 Å². The first-order valence-corrected chi connectivity index (χ1v) is 9.79. The molecule has 2 atom stereocenters. The van der Waals surface area contributed by atoms with E-state index < -0.39 is 59.0 Å². The van der Waals surface area contributed by atoms with Gasteiger partial charge in [-0.3, -0.25) is 9.59 Å². The second-order valence-electron chi connectivity index (χ2n) is 7.80. The summed E-state index contributed by atoms with van der Waals surface area (Å²) < 4.78 is 82.3. The van der Waals surface area contributed by atoms with Gasteiger partial charge in [-0.15, -0.1) is 0 Å². The van der Waals surface area contributed by atoms with E-state index in [-0.39, 0.29) is 31.1 Å². The van der Waals surface area contributed by atoms with Gasteiger partial charge < -0.3 is 24.9 Å². The summed E-state index contributed by atoms with van der Waals surface area (Å²) in [6, 6.07) is 6.17. The molecule has 0 radical (unpaired) electrons. The fraction of sp³-hybridized carbons (Fsp3) is 0.429. The highest BCUT2D eigenvalue weighted by atomic mass is 19.4. The molecule has 0 saturated carbocycles. The number of H-pyrrole nitrogens is 1. The van der Waals surface area contributed by atoms with Gasteiger partial charge >= 0.3 is 6.18 Å². The molecule has 0 aliphatic carbocycles. The minimum absolute atomic E-state index is 0.0243. The molecule has 7 nitrogen and oxygen atoms in total. The van der Waals surface area contributed by atoms with Crippen molar-refractivity contribution in [3.05, 3.63) is 51.9 Å². The Hall–Kier alpha value is -2.99. The number of nitrogens with two attached hydrogens (primary N) is 1. The normalized spacial score (nSPS) is 21.2. The summed E-state index contributed by atoms with van der Waals surface area (Å²) in [5.41, 5.74) is 0.363. The Morgan fingerprint density at radius 2 is 1.97 bits per heavy atom. The number of nitrogens with one attached hydrogen (secondary N) is 1. The highest BCUT2D eigenvalue weighted by Crippen LogP contribution is 2.36. The predicted molar refractivity (Wildman–Crippen MR) is 106 cm³/mol. The lowest BCUT2D eigenvalue weighted by Gasteiger charge is -2.38. The number of ether oxygens (including phenoxy) is 3. The smallest absolute Gasteiger partial charge is 0.431 e. The van der Waals surface area contributed by atoms with E-state index in [0.717, 1.165) is 6.07 Å². The summed E-state index contributed by atoms with van der Waals surface area (Å²) >= 11 is 0. The van der Waals surface area contributed by atoms with Crippen molar-refractivity contribution < 1.29 is 41.0 Å². The molecule has 1 saturated heterocycles. The molecule has 33 heavy (non-hydrogen) atoms. The first kappa shape index (κ1) is 24.6. The first-order valence-electron chi connectivity index (χ1n) is 9.79. The Morgan fingerprint density at radius 1 is 1.30 bits per heavy atom. The van der Waals surface area contributed by atoms with Crippen molar-refractivity contribution in [2.24, 2.45) is 5.73 Å². The molecule has 180 valence electrons. The molecule has 3 rings (SSSR count). The summed E-state index contributed by atoms with van der Waals surface area (Å²) in [5, 5.41) is 0. The minimum Gasteiger partial charge on any atom is -0.491 e. The van der Waals surface area contributed by atoms with E-state index in [1.807, 2.05) is 0 Å². The molecule has 2 heterocycles. The number of benzene rings is 1.